The predicted octanol–water partition coefficient (Wildman–Crippen LogP) is 4.90. The van der Waals surface area contributed by atoms with Crippen LogP contribution in [0, 0.1) is 9.39 Å². The van der Waals surface area contributed by atoms with Gasteiger partial charge in [-0.15, -0.1) is 0 Å². The summed E-state index contributed by atoms with van der Waals surface area (Å²) >= 11 is 11.5. The fraction of sp³-hybridized carbons (Fsp3) is 0.400. The molecule has 1 aliphatic rings. The summed E-state index contributed by atoms with van der Waals surface area (Å²) in [6.45, 7) is 2.16. The highest BCUT2D eigenvalue weighted by molar-refractivity contribution is 14.1. The van der Waals surface area contributed by atoms with Gasteiger partial charge in [-0.3, -0.25) is 0 Å². The minimum Gasteiger partial charge on any atom is -0.206 e. The Bertz CT molecular complexity index is 402. The van der Waals surface area contributed by atoms with E-state index in [1.54, 1.807) is 0 Å². The molecule has 0 unspecified atom stereocenters. The molecule has 2 rings (SSSR count). The molecule has 1 aromatic rings. The molecule has 0 spiro atoms. The Balaban J connectivity index is 2.65. The molecule has 0 amide bonds. The van der Waals surface area contributed by atoms with Gasteiger partial charge in [-0.25, -0.2) is 4.39 Å². The topological polar surface area (TPSA) is 0 Å². The Kier molecular flexibility index (Phi) is 2.86. The Morgan fingerprint density at radius 2 is 2.14 bits per heavy atom. The number of benzene rings is 1. The maximum Gasteiger partial charge on any atom is 0.139 e. The molecular weight excluding hydrogens is 381 g/mol. The third-order valence-electron chi connectivity index (χ3n) is 2.72. The molecule has 1 fully saturated rings. The van der Waals surface area contributed by atoms with Gasteiger partial charge < -0.3 is 0 Å². The summed E-state index contributed by atoms with van der Waals surface area (Å²) in [6, 6.07) is 1.41. The molecule has 0 atom stereocenters. The lowest BCUT2D eigenvalue weighted by atomic mass is 9.98. The van der Waals surface area contributed by atoms with Crippen LogP contribution in [0.5, 0.6) is 0 Å². The normalized spacial score (nSPS) is 18.4. The summed E-state index contributed by atoms with van der Waals surface area (Å²) in [5.74, 6) is -0.254. The van der Waals surface area contributed by atoms with E-state index < -0.39 is 0 Å². The fourth-order valence-corrected chi connectivity index (χ4v) is 3.40. The fourth-order valence-electron chi connectivity index (χ4n) is 1.56. The van der Waals surface area contributed by atoms with Crippen molar-refractivity contribution in [1.29, 1.82) is 0 Å². The Hall–Kier alpha value is 0.650. The molecule has 0 bridgehead atoms. The summed E-state index contributed by atoms with van der Waals surface area (Å²) < 4.78 is 14.7. The number of hydrogen-bond acceptors (Lipinski definition) is 0. The maximum atomic E-state index is 13.3. The van der Waals surface area contributed by atoms with E-state index in [1.165, 1.54) is 6.07 Å². The first-order chi connectivity index (χ1) is 6.46. The average Bonchev–Trinajstić information content (AvgIpc) is 2.80. The molecule has 1 aliphatic carbocycles. The van der Waals surface area contributed by atoms with E-state index in [9.17, 15) is 4.39 Å². The highest BCUT2D eigenvalue weighted by Gasteiger charge is 2.42. The largest absolute Gasteiger partial charge is 0.206 e. The zero-order valence-corrected chi connectivity index (χ0v) is 12.0. The van der Waals surface area contributed by atoms with Gasteiger partial charge in [0.25, 0.3) is 0 Å². The molecule has 1 saturated carbocycles. The van der Waals surface area contributed by atoms with Crippen LogP contribution in [0.1, 0.15) is 25.3 Å². The third-order valence-corrected chi connectivity index (χ3v) is 5.60. The smallest absolute Gasteiger partial charge is 0.139 e. The van der Waals surface area contributed by atoms with E-state index in [1.807, 2.05) is 22.6 Å². The van der Waals surface area contributed by atoms with Crippen molar-refractivity contribution in [2.45, 2.75) is 25.2 Å². The van der Waals surface area contributed by atoms with E-state index in [4.69, 9.17) is 11.6 Å². The van der Waals surface area contributed by atoms with Crippen LogP contribution in [0.25, 0.3) is 0 Å². The second-order valence-corrected chi connectivity index (χ2v) is 6.18. The van der Waals surface area contributed by atoms with Gasteiger partial charge in [0.05, 0.1) is 3.57 Å². The van der Waals surface area contributed by atoms with Crippen LogP contribution in [0.3, 0.4) is 0 Å². The summed E-state index contributed by atoms with van der Waals surface area (Å²) in [5.41, 5.74) is 1.22. The number of hydrogen-bond donors (Lipinski definition) is 0. The summed E-state index contributed by atoms with van der Waals surface area (Å²) in [7, 11) is 0. The minimum atomic E-state index is -0.254. The van der Waals surface area contributed by atoms with Crippen molar-refractivity contribution in [2.24, 2.45) is 0 Å². The number of halogens is 4. The van der Waals surface area contributed by atoms with Crippen LogP contribution in [0.4, 0.5) is 4.39 Å². The molecule has 0 heterocycles. The van der Waals surface area contributed by atoms with Gasteiger partial charge in [0.1, 0.15) is 5.82 Å². The highest BCUT2D eigenvalue weighted by atomic mass is 127. The van der Waals surface area contributed by atoms with Crippen LogP contribution in [-0.2, 0) is 5.41 Å². The molecule has 0 radical (unpaired) electrons. The van der Waals surface area contributed by atoms with Gasteiger partial charge in [-0.05, 0) is 68.4 Å². The first-order valence-electron chi connectivity index (χ1n) is 4.29. The van der Waals surface area contributed by atoms with Crippen molar-refractivity contribution in [1.82, 2.24) is 0 Å². The van der Waals surface area contributed by atoms with Gasteiger partial charge in [0.15, 0.2) is 0 Å². The van der Waals surface area contributed by atoms with Crippen LogP contribution in [0.2, 0.25) is 5.02 Å². The van der Waals surface area contributed by atoms with Gasteiger partial charge in [-0.2, -0.15) is 0 Å². The second-order valence-electron chi connectivity index (χ2n) is 3.90. The van der Waals surface area contributed by atoms with Crippen molar-refractivity contribution in [3.05, 3.63) is 30.5 Å². The van der Waals surface area contributed by atoms with E-state index >= 15 is 0 Å². The molecular formula is C10H8BrClFI. The first-order valence-corrected chi connectivity index (χ1v) is 6.54. The summed E-state index contributed by atoms with van der Waals surface area (Å²) in [6.07, 6.45) is 2.26. The molecule has 0 aromatic heterocycles. The van der Waals surface area contributed by atoms with E-state index in [-0.39, 0.29) is 11.2 Å². The lowest BCUT2D eigenvalue weighted by Gasteiger charge is -2.15. The monoisotopic (exact) mass is 388 g/mol. The molecule has 4 heteroatoms. The van der Waals surface area contributed by atoms with Crippen LogP contribution in [0.15, 0.2) is 10.5 Å². The van der Waals surface area contributed by atoms with Crippen molar-refractivity contribution in [3.8, 4) is 0 Å². The van der Waals surface area contributed by atoms with E-state index in [0.29, 0.717) is 8.59 Å². The molecule has 0 N–H and O–H groups in total. The Morgan fingerprint density at radius 1 is 1.57 bits per heavy atom. The highest BCUT2D eigenvalue weighted by Crippen LogP contribution is 2.53. The van der Waals surface area contributed by atoms with Crippen molar-refractivity contribution in [2.75, 3.05) is 0 Å². The average molecular weight is 389 g/mol. The van der Waals surface area contributed by atoms with Crippen molar-refractivity contribution in [3.63, 3.8) is 0 Å². The second kappa shape index (κ2) is 3.59. The molecule has 0 aliphatic heterocycles. The van der Waals surface area contributed by atoms with E-state index in [2.05, 4.69) is 22.9 Å². The maximum absolute atomic E-state index is 13.3. The lowest BCUT2D eigenvalue weighted by Crippen LogP contribution is -2.04. The minimum absolute atomic E-state index is 0.156. The molecule has 76 valence electrons. The summed E-state index contributed by atoms with van der Waals surface area (Å²) in [5, 5.41) is 0.537. The van der Waals surface area contributed by atoms with Crippen molar-refractivity contribution < 1.29 is 4.39 Å². The Morgan fingerprint density at radius 3 is 2.64 bits per heavy atom. The zero-order chi connectivity index (χ0) is 10.5. The predicted molar refractivity (Wildman–Crippen MR) is 68.4 cm³/mol. The lowest BCUT2D eigenvalue weighted by molar-refractivity contribution is 0.616. The van der Waals surface area contributed by atoms with Crippen LogP contribution < -0.4 is 0 Å². The van der Waals surface area contributed by atoms with Gasteiger partial charge in [-0.1, -0.05) is 18.5 Å². The standard InChI is InChI=1S/C10H8BrClFI/c1-10(2-3-10)7-5(12)4-6(13)9(14)8(7)11/h4H,2-3H2,1H3. The SMILES string of the molecule is CC1(c2c(Cl)cc(F)c(I)c2Br)CC1. The number of rotatable bonds is 1. The van der Waals surface area contributed by atoms with Crippen LogP contribution >= 0.6 is 50.1 Å². The third kappa shape index (κ3) is 1.71. The summed E-state index contributed by atoms with van der Waals surface area (Å²) in [4.78, 5) is 0. The van der Waals surface area contributed by atoms with Gasteiger partial charge in [0.2, 0.25) is 0 Å². The molecule has 0 nitrogen and oxygen atoms in total. The quantitative estimate of drug-likeness (QED) is 0.364. The molecule has 14 heavy (non-hydrogen) atoms. The first kappa shape index (κ1) is 11.1. The van der Waals surface area contributed by atoms with Gasteiger partial charge >= 0.3 is 0 Å². The molecule has 0 saturated heterocycles. The van der Waals surface area contributed by atoms with Crippen LogP contribution in [-0.4, -0.2) is 0 Å². The van der Waals surface area contributed by atoms with Crippen molar-refractivity contribution >= 4 is 50.1 Å². The Labute approximate surface area is 109 Å². The zero-order valence-electron chi connectivity index (χ0n) is 7.50. The van der Waals surface area contributed by atoms with Gasteiger partial charge in [0, 0.05) is 9.50 Å². The molecule has 1 aromatic carbocycles. The van der Waals surface area contributed by atoms with E-state index in [0.717, 1.165) is 22.9 Å².